The Hall–Kier alpha value is -1.85. The highest BCUT2D eigenvalue weighted by Gasteiger charge is 2.15. The summed E-state index contributed by atoms with van der Waals surface area (Å²) in [6.07, 6.45) is 0. The van der Waals surface area contributed by atoms with Gasteiger partial charge in [0.25, 0.3) is 0 Å². The molecule has 3 heteroatoms. The molecule has 0 atom stereocenters. The Balaban J connectivity index is 1.97. The number of pyridine rings is 1. The van der Waals surface area contributed by atoms with E-state index in [1.54, 1.807) is 11.8 Å². The molecule has 122 valence electrons. The van der Waals surface area contributed by atoms with Crippen molar-refractivity contribution >= 4 is 45.3 Å². The van der Waals surface area contributed by atoms with Crippen LogP contribution in [0.2, 0.25) is 0 Å². The first-order valence-electron chi connectivity index (χ1n) is 8.10. The number of fused-ring (bicyclic) bond motifs is 1. The maximum atomic E-state index is 4.95. The number of aryl methyl sites for hydroxylation is 1. The Morgan fingerprint density at radius 2 is 1.52 bits per heavy atom. The van der Waals surface area contributed by atoms with E-state index in [1.807, 2.05) is 6.07 Å². The van der Waals surface area contributed by atoms with Gasteiger partial charge in [0.05, 0.1) is 9.09 Å². The average molecular weight is 453 g/mol. The fourth-order valence-electron chi connectivity index (χ4n) is 2.89. The Morgan fingerprint density at radius 3 is 2.24 bits per heavy atom. The van der Waals surface area contributed by atoms with Gasteiger partial charge < -0.3 is 0 Å². The number of rotatable bonds is 3. The highest BCUT2D eigenvalue weighted by molar-refractivity contribution is 14.1. The van der Waals surface area contributed by atoms with Crippen molar-refractivity contribution < 1.29 is 0 Å². The Bertz CT molecular complexity index is 1030. The van der Waals surface area contributed by atoms with E-state index in [2.05, 4.69) is 102 Å². The van der Waals surface area contributed by atoms with Gasteiger partial charge in [-0.05, 0) is 59.3 Å². The van der Waals surface area contributed by atoms with Gasteiger partial charge in [-0.2, -0.15) is 0 Å². The number of benzene rings is 3. The van der Waals surface area contributed by atoms with Crippen molar-refractivity contribution in [2.75, 3.05) is 0 Å². The van der Waals surface area contributed by atoms with E-state index in [4.69, 9.17) is 4.98 Å². The van der Waals surface area contributed by atoms with Crippen molar-refractivity contribution in [1.29, 1.82) is 0 Å². The van der Waals surface area contributed by atoms with Gasteiger partial charge in [0.15, 0.2) is 0 Å². The van der Waals surface area contributed by atoms with Gasteiger partial charge in [-0.25, -0.2) is 4.98 Å². The van der Waals surface area contributed by atoms with Crippen LogP contribution in [0.1, 0.15) is 5.56 Å². The van der Waals surface area contributed by atoms with Crippen LogP contribution < -0.4 is 0 Å². The van der Waals surface area contributed by atoms with E-state index >= 15 is 0 Å². The minimum Gasteiger partial charge on any atom is -0.240 e. The summed E-state index contributed by atoms with van der Waals surface area (Å²) in [6.45, 7) is 2.13. The second-order valence-corrected chi connectivity index (χ2v) is 8.05. The third kappa shape index (κ3) is 3.44. The molecule has 0 aliphatic heterocycles. The highest BCUT2D eigenvalue weighted by atomic mass is 127. The molecule has 0 N–H and O–H groups in total. The fourth-order valence-corrected chi connectivity index (χ4v) is 4.79. The summed E-state index contributed by atoms with van der Waals surface area (Å²) in [6, 6.07) is 27.5. The molecule has 0 spiro atoms. The van der Waals surface area contributed by atoms with Crippen molar-refractivity contribution in [3.05, 3.63) is 88.0 Å². The molecule has 0 saturated carbocycles. The zero-order chi connectivity index (χ0) is 17.2. The summed E-state index contributed by atoms with van der Waals surface area (Å²) in [5, 5.41) is 2.27. The van der Waals surface area contributed by atoms with Crippen LogP contribution in [0.4, 0.5) is 0 Å². The van der Waals surface area contributed by atoms with Crippen molar-refractivity contribution in [3.63, 3.8) is 0 Å². The molecule has 0 unspecified atom stereocenters. The molecule has 4 aromatic rings. The standard InChI is InChI=1S/C22H16INS/c1-15-12-13-19-18(14-15)20(16-8-4-2-5-9-16)21(23)22(24-19)25-17-10-6-3-7-11-17/h2-14H,1H3. The number of halogens is 1. The van der Waals surface area contributed by atoms with E-state index < -0.39 is 0 Å². The lowest BCUT2D eigenvalue weighted by Gasteiger charge is -2.14. The summed E-state index contributed by atoms with van der Waals surface area (Å²) in [5.41, 5.74) is 4.81. The van der Waals surface area contributed by atoms with Gasteiger partial charge in [0.1, 0.15) is 5.03 Å². The SMILES string of the molecule is Cc1ccc2nc(Sc3ccccc3)c(I)c(-c3ccccc3)c2c1. The highest BCUT2D eigenvalue weighted by Crippen LogP contribution is 2.39. The first kappa shape index (κ1) is 16.6. The van der Waals surface area contributed by atoms with Crippen molar-refractivity contribution in [2.45, 2.75) is 16.8 Å². The minimum atomic E-state index is 1.04. The van der Waals surface area contributed by atoms with Gasteiger partial charge in [0, 0.05) is 15.8 Å². The first-order valence-corrected chi connectivity index (χ1v) is 10.00. The van der Waals surface area contributed by atoms with Crippen molar-refractivity contribution in [2.24, 2.45) is 0 Å². The van der Waals surface area contributed by atoms with Crippen LogP contribution >= 0.6 is 34.4 Å². The molecule has 25 heavy (non-hydrogen) atoms. The van der Waals surface area contributed by atoms with Gasteiger partial charge in [0.2, 0.25) is 0 Å². The van der Waals surface area contributed by atoms with E-state index in [1.165, 1.54) is 30.5 Å². The van der Waals surface area contributed by atoms with Crippen LogP contribution in [0.25, 0.3) is 22.0 Å². The zero-order valence-electron chi connectivity index (χ0n) is 13.7. The molecule has 4 rings (SSSR count). The molecule has 1 nitrogen and oxygen atoms in total. The summed E-state index contributed by atoms with van der Waals surface area (Å²) >= 11 is 4.17. The van der Waals surface area contributed by atoms with Crippen LogP contribution in [0, 0.1) is 10.5 Å². The maximum Gasteiger partial charge on any atom is 0.115 e. The molecule has 1 aromatic heterocycles. The largest absolute Gasteiger partial charge is 0.240 e. The minimum absolute atomic E-state index is 1.04. The monoisotopic (exact) mass is 453 g/mol. The number of nitrogens with zero attached hydrogens (tertiary/aromatic N) is 1. The predicted octanol–water partition coefficient (Wildman–Crippen LogP) is 6.97. The van der Waals surface area contributed by atoms with Crippen LogP contribution in [0.3, 0.4) is 0 Å². The zero-order valence-corrected chi connectivity index (χ0v) is 16.7. The van der Waals surface area contributed by atoms with Crippen LogP contribution in [0.5, 0.6) is 0 Å². The third-order valence-corrected chi connectivity index (χ3v) is 6.48. The molecule has 0 bridgehead atoms. The molecule has 1 heterocycles. The molecule has 0 radical (unpaired) electrons. The second kappa shape index (κ2) is 7.18. The molecule has 0 aliphatic rings. The van der Waals surface area contributed by atoms with Gasteiger partial charge in [-0.3, -0.25) is 0 Å². The quantitative estimate of drug-likeness (QED) is 0.311. The Kier molecular flexibility index (Phi) is 4.77. The van der Waals surface area contributed by atoms with Crippen LogP contribution in [0.15, 0.2) is 88.8 Å². The number of hydrogen-bond acceptors (Lipinski definition) is 2. The molecule has 0 amide bonds. The summed E-state index contributed by atoms with van der Waals surface area (Å²) in [7, 11) is 0. The van der Waals surface area contributed by atoms with E-state index in [0.29, 0.717) is 0 Å². The van der Waals surface area contributed by atoms with Crippen LogP contribution in [-0.4, -0.2) is 4.98 Å². The topological polar surface area (TPSA) is 12.9 Å². The van der Waals surface area contributed by atoms with Gasteiger partial charge in [-0.15, -0.1) is 0 Å². The molecular formula is C22H16INS. The van der Waals surface area contributed by atoms with Gasteiger partial charge in [-0.1, -0.05) is 71.9 Å². The Labute approximate surface area is 165 Å². The molecular weight excluding hydrogens is 437 g/mol. The van der Waals surface area contributed by atoms with Crippen molar-refractivity contribution in [3.8, 4) is 11.1 Å². The predicted molar refractivity (Wildman–Crippen MR) is 115 cm³/mol. The normalized spacial score (nSPS) is 11.0. The maximum absolute atomic E-state index is 4.95. The summed E-state index contributed by atoms with van der Waals surface area (Å²) in [5.74, 6) is 0. The lowest BCUT2D eigenvalue weighted by Crippen LogP contribution is -1.94. The first-order chi connectivity index (χ1) is 12.2. The van der Waals surface area contributed by atoms with Crippen LogP contribution in [-0.2, 0) is 0 Å². The molecule has 3 aromatic carbocycles. The van der Waals surface area contributed by atoms with Gasteiger partial charge >= 0.3 is 0 Å². The number of aromatic nitrogens is 1. The summed E-state index contributed by atoms with van der Waals surface area (Å²) < 4.78 is 1.20. The van der Waals surface area contributed by atoms with E-state index in [0.717, 1.165) is 10.5 Å². The van der Waals surface area contributed by atoms with E-state index in [-0.39, 0.29) is 0 Å². The van der Waals surface area contributed by atoms with E-state index in [9.17, 15) is 0 Å². The lowest BCUT2D eigenvalue weighted by molar-refractivity contribution is 1.16. The smallest absolute Gasteiger partial charge is 0.115 e. The average Bonchev–Trinajstić information content (AvgIpc) is 2.64. The number of hydrogen-bond donors (Lipinski definition) is 0. The Morgan fingerprint density at radius 1 is 0.840 bits per heavy atom. The second-order valence-electron chi connectivity index (χ2n) is 5.91. The summed E-state index contributed by atoms with van der Waals surface area (Å²) in [4.78, 5) is 6.16. The van der Waals surface area contributed by atoms with Crippen molar-refractivity contribution in [1.82, 2.24) is 4.98 Å². The molecule has 0 saturated heterocycles. The molecule has 0 aliphatic carbocycles. The third-order valence-electron chi connectivity index (χ3n) is 4.07. The lowest BCUT2D eigenvalue weighted by atomic mass is 10.0. The molecule has 0 fully saturated rings. The fraction of sp³-hybridized carbons (Fsp3) is 0.0455.